The molecule has 154 valence electrons. The lowest BCUT2D eigenvalue weighted by atomic mass is 9.88. The maximum atomic E-state index is 12.7. The molecule has 0 saturated heterocycles. The molecule has 3 N–H and O–H groups in total. The van der Waals surface area contributed by atoms with Crippen LogP contribution in [0.15, 0.2) is 54.6 Å². The van der Waals surface area contributed by atoms with Crippen LogP contribution in [0.2, 0.25) is 0 Å². The number of halogens is 1. The van der Waals surface area contributed by atoms with Crippen molar-refractivity contribution in [3.63, 3.8) is 0 Å². The molecule has 0 aliphatic carbocycles. The van der Waals surface area contributed by atoms with E-state index in [0.717, 1.165) is 16.8 Å². The van der Waals surface area contributed by atoms with E-state index in [1.54, 1.807) is 4.68 Å². The van der Waals surface area contributed by atoms with Gasteiger partial charge in [0, 0.05) is 6.54 Å². The first-order valence-corrected chi connectivity index (χ1v) is 9.46. The summed E-state index contributed by atoms with van der Waals surface area (Å²) in [4.78, 5) is 12.7. The highest BCUT2D eigenvalue weighted by molar-refractivity contribution is 5.93. The molecule has 3 rings (SSSR count). The molecule has 29 heavy (non-hydrogen) atoms. The Labute approximate surface area is 177 Å². The maximum absolute atomic E-state index is 12.7. The topological polar surface area (TPSA) is 85.8 Å². The summed E-state index contributed by atoms with van der Waals surface area (Å²) in [5, 5.41) is 11.3. The second-order valence-corrected chi connectivity index (χ2v) is 7.58. The molecule has 6 nitrogen and oxygen atoms in total. The Kier molecular flexibility index (Phi) is 7.16. The molecule has 1 heterocycles. The highest BCUT2D eigenvalue weighted by Crippen LogP contribution is 2.22. The molecular formula is C22H28ClN5O. The molecule has 3 aromatic rings. The van der Waals surface area contributed by atoms with Crippen LogP contribution in [0.5, 0.6) is 0 Å². The summed E-state index contributed by atoms with van der Waals surface area (Å²) in [5.74, 6) is -0.0614. The van der Waals surface area contributed by atoms with E-state index < -0.39 is 5.54 Å². The average molecular weight is 414 g/mol. The number of hydrogen-bond acceptors (Lipinski definition) is 4. The van der Waals surface area contributed by atoms with Gasteiger partial charge in [-0.25, -0.2) is 4.68 Å². The SMILES string of the molecule is Cc1c(C(=O)NC(C)(CN)C(C)C)nnn1-c1ccc(-c2ccccc2)cc1.Cl. The van der Waals surface area contributed by atoms with Gasteiger partial charge in [-0.05, 0) is 43.0 Å². The summed E-state index contributed by atoms with van der Waals surface area (Å²) in [6.45, 7) is 8.20. The van der Waals surface area contributed by atoms with E-state index >= 15 is 0 Å². The highest BCUT2D eigenvalue weighted by atomic mass is 35.5. The standard InChI is InChI=1S/C22H27N5O.ClH/c1-15(2)22(4,14-23)24-21(28)20-16(3)27(26-25-20)19-12-10-18(11-13-19)17-8-6-5-7-9-17;/h5-13,15H,14,23H2,1-4H3,(H,24,28);1H. The van der Waals surface area contributed by atoms with Crippen molar-refractivity contribution >= 4 is 18.3 Å². The van der Waals surface area contributed by atoms with Crippen molar-refractivity contribution in [1.82, 2.24) is 20.3 Å². The van der Waals surface area contributed by atoms with Crippen LogP contribution in [0.25, 0.3) is 16.8 Å². The van der Waals surface area contributed by atoms with Crippen LogP contribution in [-0.2, 0) is 0 Å². The van der Waals surface area contributed by atoms with Crippen molar-refractivity contribution < 1.29 is 4.79 Å². The third-order valence-corrected chi connectivity index (χ3v) is 5.43. The Bertz CT molecular complexity index is 953. The zero-order chi connectivity index (χ0) is 20.3. The summed E-state index contributed by atoms with van der Waals surface area (Å²) < 4.78 is 1.68. The number of carbonyl (C=O) groups excluding carboxylic acids is 1. The average Bonchev–Trinajstić information content (AvgIpc) is 3.10. The van der Waals surface area contributed by atoms with Gasteiger partial charge in [0.25, 0.3) is 5.91 Å². The first-order chi connectivity index (χ1) is 13.4. The third-order valence-electron chi connectivity index (χ3n) is 5.43. The Morgan fingerprint density at radius 2 is 1.69 bits per heavy atom. The van der Waals surface area contributed by atoms with Gasteiger partial charge in [-0.1, -0.05) is 61.5 Å². The number of rotatable bonds is 6. The smallest absolute Gasteiger partial charge is 0.274 e. The second-order valence-electron chi connectivity index (χ2n) is 7.58. The summed E-state index contributed by atoms with van der Waals surface area (Å²) in [6.07, 6.45) is 0. The number of nitrogens with two attached hydrogens (primary N) is 1. The minimum Gasteiger partial charge on any atom is -0.344 e. The molecule has 1 amide bonds. The molecule has 0 spiro atoms. The molecule has 0 aliphatic heterocycles. The number of carbonyl (C=O) groups is 1. The quantitative estimate of drug-likeness (QED) is 0.644. The van der Waals surface area contributed by atoms with Crippen LogP contribution in [0, 0.1) is 12.8 Å². The zero-order valence-electron chi connectivity index (χ0n) is 17.2. The summed E-state index contributed by atoms with van der Waals surface area (Å²) in [6, 6.07) is 18.2. The Hall–Kier alpha value is -2.70. The van der Waals surface area contributed by atoms with Gasteiger partial charge in [0.15, 0.2) is 5.69 Å². The molecule has 1 atom stereocenters. The zero-order valence-corrected chi connectivity index (χ0v) is 18.0. The third kappa shape index (κ3) is 4.66. The molecule has 0 aliphatic rings. The van der Waals surface area contributed by atoms with Crippen molar-refractivity contribution in [3.05, 3.63) is 66.0 Å². The van der Waals surface area contributed by atoms with Gasteiger partial charge in [-0.2, -0.15) is 0 Å². The molecule has 0 bridgehead atoms. The number of nitrogens with zero attached hydrogens (tertiary/aromatic N) is 3. The Morgan fingerprint density at radius 1 is 1.10 bits per heavy atom. The monoisotopic (exact) mass is 413 g/mol. The Morgan fingerprint density at radius 3 is 2.24 bits per heavy atom. The summed E-state index contributed by atoms with van der Waals surface area (Å²) in [5.41, 5.74) is 9.51. The van der Waals surface area contributed by atoms with Crippen LogP contribution < -0.4 is 11.1 Å². The minimum absolute atomic E-state index is 0. The van der Waals surface area contributed by atoms with Crippen molar-refractivity contribution in [2.75, 3.05) is 6.54 Å². The fourth-order valence-corrected chi connectivity index (χ4v) is 2.96. The van der Waals surface area contributed by atoms with Crippen molar-refractivity contribution in [2.45, 2.75) is 33.2 Å². The first-order valence-electron chi connectivity index (χ1n) is 9.46. The van der Waals surface area contributed by atoms with Gasteiger partial charge in [0.05, 0.1) is 16.9 Å². The molecule has 0 fully saturated rings. The Balaban J connectivity index is 0.00000300. The molecule has 7 heteroatoms. The number of hydrogen-bond donors (Lipinski definition) is 2. The lowest BCUT2D eigenvalue weighted by Gasteiger charge is -2.33. The fourth-order valence-electron chi connectivity index (χ4n) is 2.96. The van der Waals surface area contributed by atoms with E-state index in [4.69, 9.17) is 5.73 Å². The highest BCUT2D eigenvalue weighted by Gasteiger charge is 2.30. The lowest BCUT2D eigenvalue weighted by Crippen LogP contribution is -2.55. The van der Waals surface area contributed by atoms with Gasteiger partial charge in [-0.15, -0.1) is 17.5 Å². The van der Waals surface area contributed by atoms with Gasteiger partial charge in [0.1, 0.15) is 0 Å². The van der Waals surface area contributed by atoms with Crippen molar-refractivity contribution in [1.29, 1.82) is 0 Å². The molecular weight excluding hydrogens is 386 g/mol. The lowest BCUT2D eigenvalue weighted by molar-refractivity contribution is 0.0877. The second kappa shape index (κ2) is 9.20. The summed E-state index contributed by atoms with van der Waals surface area (Å²) in [7, 11) is 0. The van der Waals surface area contributed by atoms with E-state index in [1.165, 1.54) is 0 Å². The number of amides is 1. The van der Waals surface area contributed by atoms with Gasteiger partial charge in [-0.3, -0.25) is 4.79 Å². The predicted octanol–water partition coefficient (Wildman–Crippen LogP) is 3.77. The van der Waals surface area contributed by atoms with E-state index in [2.05, 4.69) is 27.8 Å². The predicted molar refractivity (Wildman–Crippen MR) is 119 cm³/mol. The fraction of sp³-hybridized carbons (Fsp3) is 0.318. The molecule has 0 saturated carbocycles. The van der Waals surface area contributed by atoms with Crippen LogP contribution in [0.3, 0.4) is 0 Å². The van der Waals surface area contributed by atoms with E-state index in [-0.39, 0.29) is 24.2 Å². The van der Waals surface area contributed by atoms with E-state index in [1.807, 2.05) is 70.2 Å². The normalized spacial score (nSPS) is 12.9. The molecule has 0 radical (unpaired) electrons. The molecule has 1 aromatic heterocycles. The molecule has 2 aromatic carbocycles. The minimum atomic E-state index is -0.495. The van der Waals surface area contributed by atoms with Gasteiger partial charge < -0.3 is 11.1 Å². The number of aromatic nitrogens is 3. The van der Waals surface area contributed by atoms with Crippen LogP contribution in [0.4, 0.5) is 0 Å². The van der Waals surface area contributed by atoms with Crippen LogP contribution >= 0.6 is 12.4 Å². The number of benzene rings is 2. The van der Waals surface area contributed by atoms with Gasteiger partial charge in [0.2, 0.25) is 0 Å². The largest absolute Gasteiger partial charge is 0.344 e. The van der Waals surface area contributed by atoms with E-state index in [9.17, 15) is 4.79 Å². The van der Waals surface area contributed by atoms with Gasteiger partial charge >= 0.3 is 0 Å². The van der Waals surface area contributed by atoms with Crippen molar-refractivity contribution in [2.24, 2.45) is 11.7 Å². The molecule has 1 unspecified atom stereocenters. The summed E-state index contributed by atoms with van der Waals surface area (Å²) >= 11 is 0. The van der Waals surface area contributed by atoms with Crippen LogP contribution in [-0.4, -0.2) is 33.0 Å². The van der Waals surface area contributed by atoms with Crippen molar-refractivity contribution in [3.8, 4) is 16.8 Å². The first kappa shape index (κ1) is 22.6. The maximum Gasteiger partial charge on any atom is 0.274 e. The van der Waals surface area contributed by atoms with E-state index in [0.29, 0.717) is 17.9 Å². The van der Waals surface area contributed by atoms with Crippen LogP contribution in [0.1, 0.15) is 37.0 Å². The number of nitrogens with one attached hydrogen (secondary N) is 1.